The zero-order valence-corrected chi connectivity index (χ0v) is 18.0. The Hall–Kier alpha value is -1.92. The maximum absolute atomic E-state index is 13.6. The van der Waals surface area contributed by atoms with Gasteiger partial charge in [-0.05, 0) is 60.6 Å². The van der Waals surface area contributed by atoms with Crippen molar-refractivity contribution in [2.45, 2.75) is 38.3 Å². The highest BCUT2D eigenvalue weighted by atomic mass is 35.5. The van der Waals surface area contributed by atoms with Crippen LogP contribution in [0.3, 0.4) is 0 Å². The van der Waals surface area contributed by atoms with Crippen LogP contribution < -0.4 is 10.1 Å². The lowest BCUT2D eigenvalue weighted by Gasteiger charge is -2.26. The molecule has 162 valence electrons. The lowest BCUT2D eigenvalue weighted by atomic mass is 9.85. The van der Waals surface area contributed by atoms with E-state index in [1.54, 1.807) is 12.1 Å². The minimum absolute atomic E-state index is 0.156. The molecule has 0 bridgehead atoms. The van der Waals surface area contributed by atoms with Crippen LogP contribution in [0.15, 0.2) is 36.4 Å². The monoisotopic (exact) mass is 459 g/mol. The summed E-state index contributed by atoms with van der Waals surface area (Å²) in [5.74, 6) is -3.41. The number of alkyl halides is 3. The number of rotatable bonds is 7. The lowest BCUT2D eigenvalue weighted by Crippen LogP contribution is -2.34. The topological polar surface area (TPSA) is 38.3 Å². The predicted molar refractivity (Wildman–Crippen MR) is 112 cm³/mol. The fourth-order valence-corrected chi connectivity index (χ4v) is 3.75. The van der Waals surface area contributed by atoms with Gasteiger partial charge >= 0.3 is 6.18 Å². The Balaban J connectivity index is 1.92. The van der Waals surface area contributed by atoms with Gasteiger partial charge in [-0.25, -0.2) is 0 Å². The summed E-state index contributed by atoms with van der Waals surface area (Å²) in [6.07, 6.45) is -1.40. The first kappa shape index (κ1) is 22.8. The number of benzene rings is 2. The summed E-state index contributed by atoms with van der Waals surface area (Å²) in [6, 6.07) is 9.44. The molecule has 1 aliphatic carbocycles. The summed E-state index contributed by atoms with van der Waals surface area (Å²) in [5.41, 5.74) is 1.45. The van der Waals surface area contributed by atoms with E-state index in [4.69, 9.17) is 27.9 Å². The Bertz CT molecular complexity index is 929. The molecule has 0 spiro atoms. The first-order chi connectivity index (χ1) is 14.1. The Morgan fingerprint density at radius 3 is 2.43 bits per heavy atom. The average Bonchev–Trinajstić information content (AvgIpc) is 3.49. The summed E-state index contributed by atoms with van der Waals surface area (Å²) >= 11 is 12.2. The van der Waals surface area contributed by atoms with Crippen LogP contribution in [0, 0.1) is 11.8 Å². The molecule has 30 heavy (non-hydrogen) atoms. The third-order valence-electron chi connectivity index (χ3n) is 5.34. The van der Waals surface area contributed by atoms with Crippen molar-refractivity contribution in [1.82, 2.24) is 0 Å². The highest BCUT2D eigenvalue weighted by molar-refractivity contribution is 6.33. The molecule has 1 saturated carbocycles. The Morgan fingerprint density at radius 1 is 1.17 bits per heavy atom. The van der Waals surface area contributed by atoms with Crippen molar-refractivity contribution in [3.05, 3.63) is 57.6 Å². The van der Waals surface area contributed by atoms with Crippen molar-refractivity contribution in [3.63, 3.8) is 0 Å². The summed E-state index contributed by atoms with van der Waals surface area (Å²) in [7, 11) is 1.36. The van der Waals surface area contributed by atoms with E-state index in [-0.39, 0.29) is 21.4 Å². The van der Waals surface area contributed by atoms with Crippen LogP contribution >= 0.6 is 23.2 Å². The standard InChI is InChI=1S/C22H22Cl2F3NO2/c1-12(22(25,26)27)20(15-6-8-17(24)19(11-15)30-2)21(29)28-18-10-14(5-7-16(18)23)9-13-3-4-13/h5-8,10-13,20H,3-4,9H2,1-2H3,(H,28,29)/t12-,20+/m1/s1. The average molecular weight is 460 g/mol. The molecular formula is C22H22Cl2F3NO2. The van der Waals surface area contributed by atoms with Crippen molar-refractivity contribution >= 4 is 34.8 Å². The summed E-state index contributed by atoms with van der Waals surface area (Å²) < 4.78 is 45.8. The number of amides is 1. The van der Waals surface area contributed by atoms with Gasteiger partial charge in [0.2, 0.25) is 5.91 Å². The van der Waals surface area contributed by atoms with Crippen LogP contribution in [0.4, 0.5) is 18.9 Å². The van der Waals surface area contributed by atoms with Gasteiger partial charge in [-0.15, -0.1) is 0 Å². The molecule has 0 radical (unpaired) electrons. The van der Waals surface area contributed by atoms with Gasteiger partial charge in [-0.1, -0.05) is 42.3 Å². The van der Waals surface area contributed by atoms with Crippen molar-refractivity contribution < 1.29 is 22.7 Å². The second-order valence-electron chi connectivity index (χ2n) is 7.65. The quantitative estimate of drug-likeness (QED) is 0.490. The minimum Gasteiger partial charge on any atom is -0.495 e. The second-order valence-corrected chi connectivity index (χ2v) is 8.47. The molecule has 0 saturated heterocycles. The van der Waals surface area contributed by atoms with E-state index in [0.29, 0.717) is 11.6 Å². The summed E-state index contributed by atoms with van der Waals surface area (Å²) in [6.45, 7) is 0.983. The summed E-state index contributed by atoms with van der Waals surface area (Å²) in [5, 5.41) is 3.12. The molecule has 0 aromatic heterocycles. The normalized spacial score (nSPS) is 16.1. The number of carbonyl (C=O) groups excluding carboxylic acids is 1. The van der Waals surface area contributed by atoms with Gasteiger partial charge in [0.1, 0.15) is 5.75 Å². The second kappa shape index (κ2) is 9.06. The van der Waals surface area contributed by atoms with Gasteiger partial charge in [-0.3, -0.25) is 4.79 Å². The molecule has 1 fully saturated rings. The van der Waals surface area contributed by atoms with Crippen LogP contribution in [0.25, 0.3) is 0 Å². The molecule has 2 aromatic rings. The SMILES string of the molecule is COc1cc([C@@H](C(=O)Nc2cc(CC3CC3)ccc2Cl)[C@@H](C)C(F)(F)F)ccc1Cl. The van der Waals surface area contributed by atoms with Gasteiger partial charge in [0.05, 0.1) is 34.7 Å². The number of hydrogen-bond donors (Lipinski definition) is 1. The smallest absolute Gasteiger partial charge is 0.392 e. The lowest BCUT2D eigenvalue weighted by molar-refractivity contribution is -0.178. The fourth-order valence-electron chi connectivity index (χ4n) is 3.39. The van der Waals surface area contributed by atoms with Gasteiger partial charge in [0, 0.05) is 0 Å². The third-order valence-corrected chi connectivity index (χ3v) is 5.98. The van der Waals surface area contributed by atoms with Crippen molar-refractivity contribution in [2.75, 3.05) is 12.4 Å². The minimum atomic E-state index is -4.58. The zero-order valence-electron chi connectivity index (χ0n) is 16.5. The molecule has 0 unspecified atom stereocenters. The van der Waals surface area contributed by atoms with Gasteiger partial charge in [-0.2, -0.15) is 13.2 Å². The van der Waals surface area contributed by atoms with Crippen LogP contribution in [-0.2, 0) is 11.2 Å². The molecular weight excluding hydrogens is 438 g/mol. The van der Waals surface area contributed by atoms with Crippen molar-refractivity contribution in [2.24, 2.45) is 11.8 Å². The zero-order chi connectivity index (χ0) is 22.1. The highest BCUT2D eigenvalue weighted by Crippen LogP contribution is 2.41. The molecule has 8 heteroatoms. The first-order valence-corrected chi connectivity index (χ1v) is 10.3. The molecule has 0 heterocycles. The van der Waals surface area contributed by atoms with E-state index < -0.39 is 23.9 Å². The molecule has 3 nitrogen and oxygen atoms in total. The number of anilines is 1. The van der Waals surface area contributed by atoms with Gasteiger partial charge < -0.3 is 10.1 Å². The van der Waals surface area contributed by atoms with E-state index in [1.807, 2.05) is 6.07 Å². The van der Waals surface area contributed by atoms with E-state index >= 15 is 0 Å². The number of methoxy groups -OCH3 is 1. The van der Waals surface area contributed by atoms with Crippen molar-refractivity contribution in [3.8, 4) is 5.75 Å². The van der Waals surface area contributed by atoms with Crippen LogP contribution in [0.5, 0.6) is 5.75 Å². The highest BCUT2D eigenvalue weighted by Gasteiger charge is 2.45. The van der Waals surface area contributed by atoms with Crippen LogP contribution in [0.1, 0.15) is 36.8 Å². The molecule has 2 atom stereocenters. The number of carbonyl (C=O) groups is 1. The first-order valence-electron chi connectivity index (χ1n) is 9.59. The molecule has 2 aromatic carbocycles. The number of ether oxygens (including phenoxy) is 1. The fraction of sp³-hybridized carbons (Fsp3) is 0.409. The van der Waals surface area contributed by atoms with Gasteiger partial charge in [0.15, 0.2) is 0 Å². The van der Waals surface area contributed by atoms with E-state index in [1.165, 1.54) is 25.3 Å². The molecule has 1 amide bonds. The van der Waals surface area contributed by atoms with E-state index in [2.05, 4.69) is 5.32 Å². The molecule has 1 aliphatic rings. The number of halogens is 5. The van der Waals surface area contributed by atoms with Crippen molar-refractivity contribution in [1.29, 1.82) is 0 Å². The van der Waals surface area contributed by atoms with E-state index in [9.17, 15) is 18.0 Å². The maximum atomic E-state index is 13.6. The Labute approximate surface area is 183 Å². The molecule has 3 rings (SSSR count). The molecule has 0 aliphatic heterocycles. The van der Waals surface area contributed by atoms with Gasteiger partial charge in [0.25, 0.3) is 0 Å². The Kier molecular flexibility index (Phi) is 6.88. The van der Waals surface area contributed by atoms with Crippen LogP contribution in [0.2, 0.25) is 10.0 Å². The maximum Gasteiger partial charge on any atom is 0.392 e. The predicted octanol–water partition coefficient (Wildman–Crippen LogP) is 6.88. The largest absolute Gasteiger partial charge is 0.495 e. The summed E-state index contributed by atoms with van der Waals surface area (Å²) in [4.78, 5) is 13.0. The number of hydrogen-bond acceptors (Lipinski definition) is 2. The van der Waals surface area contributed by atoms with E-state index in [0.717, 1.165) is 31.7 Å². The number of nitrogens with one attached hydrogen (secondary N) is 1. The Morgan fingerprint density at radius 2 is 1.83 bits per heavy atom. The third kappa shape index (κ3) is 5.41. The molecule has 1 N–H and O–H groups in total. The van der Waals surface area contributed by atoms with Crippen LogP contribution in [-0.4, -0.2) is 19.2 Å².